The number of hydrogen-bond acceptors (Lipinski definition) is 4. The molecule has 4 nitrogen and oxygen atoms in total. The molecule has 2 rings (SSSR count). The van der Waals surface area contributed by atoms with Gasteiger partial charge in [-0.05, 0) is 32.4 Å². The van der Waals surface area contributed by atoms with E-state index in [9.17, 15) is 9.50 Å². The minimum atomic E-state index is -0.351. The lowest BCUT2D eigenvalue weighted by molar-refractivity contribution is 0.412. The van der Waals surface area contributed by atoms with Crippen molar-refractivity contribution < 1.29 is 9.50 Å². The van der Waals surface area contributed by atoms with Gasteiger partial charge in [0, 0.05) is 30.6 Å². The van der Waals surface area contributed by atoms with Gasteiger partial charge in [0.05, 0.1) is 16.7 Å². The summed E-state index contributed by atoms with van der Waals surface area (Å²) in [4.78, 5) is 8.27. The Balaban J connectivity index is 2.15. The highest BCUT2D eigenvalue weighted by Gasteiger charge is 2.08. The van der Waals surface area contributed by atoms with Crippen molar-refractivity contribution in [1.29, 1.82) is 0 Å². The van der Waals surface area contributed by atoms with Crippen molar-refractivity contribution in [3.63, 3.8) is 0 Å². The fourth-order valence-electron chi connectivity index (χ4n) is 2.12. The Morgan fingerprint density at radius 3 is 2.50 bits per heavy atom. The Labute approximate surface area is 141 Å². The third kappa shape index (κ3) is 4.41. The Bertz CT molecular complexity index is 809. The maximum absolute atomic E-state index is 14.2. The van der Waals surface area contributed by atoms with Gasteiger partial charge in [-0.3, -0.25) is 9.97 Å². The molecule has 24 heavy (non-hydrogen) atoms. The van der Waals surface area contributed by atoms with Crippen molar-refractivity contribution in [3.05, 3.63) is 71.2 Å². The summed E-state index contributed by atoms with van der Waals surface area (Å²) in [6, 6.07) is 3.04. The number of hydrogen-bond donors (Lipinski definition) is 2. The number of halogens is 1. The van der Waals surface area contributed by atoms with Gasteiger partial charge in [-0.15, -0.1) is 0 Å². The van der Waals surface area contributed by atoms with Crippen molar-refractivity contribution in [1.82, 2.24) is 15.3 Å². The van der Waals surface area contributed by atoms with Crippen LogP contribution in [-0.2, 0) is 6.54 Å². The van der Waals surface area contributed by atoms with Crippen LogP contribution in [0.2, 0.25) is 0 Å². The van der Waals surface area contributed by atoms with Gasteiger partial charge in [-0.2, -0.15) is 0 Å². The fraction of sp³-hybridized carbons (Fsp3) is 0.263. The minimum Gasteiger partial charge on any atom is -0.506 e. The van der Waals surface area contributed by atoms with Crippen LogP contribution >= 0.6 is 0 Å². The summed E-state index contributed by atoms with van der Waals surface area (Å²) >= 11 is 0. The Morgan fingerprint density at radius 2 is 1.88 bits per heavy atom. The van der Waals surface area contributed by atoms with Gasteiger partial charge >= 0.3 is 0 Å². The van der Waals surface area contributed by atoms with Crippen molar-refractivity contribution in [2.75, 3.05) is 0 Å². The quantitative estimate of drug-likeness (QED) is 0.603. The van der Waals surface area contributed by atoms with E-state index in [2.05, 4.69) is 22.2 Å². The first-order valence-corrected chi connectivity index (χ1v) is 7.91. The molecule has 0 spiro atoms. The topological polar surface area (TPSA) is 58.0 Å². The second-order valence-corrected chi connectivity index (χ2v) is 5.46. The number of nitrogens with zero attached hydrogens (tertiary/aromatic N) is 2. The van der Waals surface area contributed by atoms with E-state index in [1.165, 1.54) is 12.3 Å². The standard InChI is InChI=1S/C19H22FN3O/c1-4-13(3)6-7-19(24)16(5-2)23-12-14-10-17-18(11-15(14)20)22-9-8-21-17/h5-11,23-24H,4,12H2,1-3H3/b13-6+,16-5+,19-7+. The highest BCUT2D eigenvalue weighted by molar-refractivity contribution is 5.74. The number of benzene rings is 1. The summed E-state index contributed by atoms with van der Waals surface area (Å²) in [5.74, 6) is -0.234. The number of allylic oxidation sites excluding steroid dienone is 4. The molecule has 2 aromatic rings. The Hall–Kier alpha value is -2.69. The van der Waals surface area contributed by atoms with Crippen LogP contribution in [0.3, 0.4) is 0 Å². The van der Waals surface area contributed by atoms with E-state index >= 15 is 0 Å². The number of rotatable bonds is 6. The zero-order valence-corrected chi connectivity index (χ0v) is 14.2. The van der Waals surface area contributed by atoms with Gasteiger partial charge in [-0.1, -0.05) is 24.6 Å². The largest absolute Gasteiger partial charge is 0.506 e. The van der Waals surface area contributed by atoms with Gasteiger partial charge < -0.3 is 10.4 Å². The zero-order chi connectivity index (χ0) is 17.5. The van der Waals surface area contributed by atoms with E-state index in [-0.39, 0.29) is 18.1 Å². The Kier molecular flexibility index (Phi) is 6.07. The molecule has 126 valence electrons. The van der Waals surface area contributed by atoms with Crippen LogP contribution in [0.5, 0.6) is 0 Å². The second kappa shape index (κ2) is 8.24. The number of aliphatic hydroxyl groups is 1. The van der Waals surface area contributed by atoms with E-state index < -0.39 is 0 Å². The Morgan fingerprint density at radius 1 is 1.21 bits per heavy atom. The monoisotopic (exact) mass is 327 g/mol. The number of aliphatic hydroxyl groups excluding tert-OH is 1. The SMILES string of the molecule is C\C=C(NCc1cc2nccnc2cc1F)/C(O)=C\C=C(/C)CC. The lowest BCUT2D eigenvalue weighted by Crippen LogP contribution is -2.15. The molecule has 2 N–H and O–H groups in total. The smallest absolute Gasteiger partial charge is 0.138 e. The molecule has 0 amide bonds. The number of fused-ring (bicyclic) bond motifs is 1. The molecular formula is C19H22FN3O. The molecular weight excluding hydrogens is 305 g/mol. The van der Waals surface area contributed by atoms with Crippen LogP contribution in [0.1, 0.15) is 32.8 Å². The average molecular weight is 327 g/mol. The van der Waals surface area contributed by atoms with E-state index in [1.54, 1.807) is 24.4 Å². The summed E-state index contributed by atoms with van der Waals surface area (Å²) in [6.07, 6.45) is 9.29. The van der Waals surface area contributed by atoms with E-state index in [0.717, 1.165) is 12.0 Å². The normalized spacial score (nSPS) is 13.4. The number of nitrogens with one attached hydrogen (secondary N) is 1. The van der Waals surface area contributed by atoms with Crippen molar-refractivity contribution in [2.24, 2.45) is 0 Å². The highest BCUT2D eigenvalue weighted by atomic mass is 19.1. The first-order chi connectivity index (χ1) is 11.5. The first-order valence-electron chi connectivity index (χ1n) is 7.91. The average Bonchev–Trinajstić information content (AvgIpc) is 2.60. The summed E-state index contributed by atoms with van der Waals surface area (Å²) in [6.45, 7) is 6.10. The second-order valence-electron chi connectivity index (χ2n) is 5.46. The van der Waals surface area contributed by atoms with Gasteiger partial charge in [0.25, 0.3) is 0 Å². The molecule has 0 unspecified atom stereocenters. The molecule has 0 fully saturated rings. The summed E-state index contributed by atoms with van der Waals surface area (Å²) < 4.78 is 14.2. The third-order valence-corrected chi connectivity index (χ3v) is 3.75. The molecule has 5 heteroatoms. The van der Waals surface area contributed by atoms with Crippen LogP contribution in [-0.4, -0.2) is 15.1 Å². The lowest BCUT2D eigenvalue weighted by Gasteiger charge is -2.11. The third-order valence-electron chi connectivity index (χ3n) is 3.75. The molecule has 0 aliphatic carbocycles. The van der Waals surface area contributed by atoms with Crippen molar-refractivity contribution in [2.45, 2.75) is 33.7 Å². The number of aromatic nitrogens is 2. The molecule has 0 radical (unpaired) electrons. The zero-order valence-electron chi connectivity index (χ0n) is 14.2. The first kappa shape index (κ1) is 17.7. The van der Waals surface area contributed by atoms with Crippen LogP contribution in [0.15, 0.2) is 59.8 Å². The predicted molar refractivity (Wildman–Crippen MR) is 94.9 cm³/mol. The van der Waals surface area contributed by atoms with Gasteiger partial charge in [-0.25, -0.2) is 4.39 Å². The summed E-state index contributed by atoms with van der Waals surface area (Å²) in [5.41, 5.74) is 3.34. The molecule has 0 bridgehead atoms. The maximum atomic E-state index is 14.2. The van der Waals surface area contributed by atoms with Crippen molar-refractivity contribution in [3.8, 4) is 0 Å². The van der Waals surface area contributed by atoms with E-state index in [1.807, 2.05) is 19.9 Å². The summed E-state index contributed by atoms with van der Waals surface area (Å²) in [5, 5.41) is 13.2. The molecule has 0 aliphatic heterocycles. The van der Waals surface area contributed by atoms with Gasteiger partial charge in [0.1, 0.15) is 11.6 Å². The van der Waals surface area contributed by atoms with Crippen LogP contribution in [0.25, 0.3) is 11.0 Å². The van der Waals surface area contributed by atoms with Crippen LogP contribution < -0.4 is 5.32 Å². The van der Waals surface area contributed by atoms with Gasteiger partial charge in [0.2, 0.25) is 0 Å². The van der Waals surface area contributed by atoms with Crippen LogP contribution in [0.4, 0.5) is 4.39 Å². The molecule has 0 saturated carbocycles. The molecule has 1 heterocycles. The van der Waals surface area contributed by atoms with Crippen LogP contribution in [0, 0.1) is 5.82 Å². The maximum Gasteiger partial charge on any atom is 0.138 e. The highest BCUT2D eigenvalue weighted by Crippen LogP contribution is 2.16. The fourth-order valence-corrected chi connectivity index (χ4v) is 2.12. The summed E-state index contributed by atoms with van der Waals surface area (Å²) in [7, 11) is 0. The molecule has 0 aliphatic rings. The molecule has 1 aromatic carbocycles. The van der Waals surface area contributed by atoms with Gasteiger partial charge in [0.15, 0.2) is 0 Å². The van der Waals surface area contributed by atoms with Crippen molar-refractivity contribution >= 4 is 11.0 Å². The van der Waals surface area contributed by atoms with E-state index in [4.69, 9.17) is 0 Å². The predicted octanol–water partition coefficient (Wildman–Crippen LogP) is 4.56. The lowest BCUT2D eigenvalue weighted by atomic mass is 10.1. The minimum absolute atomic E-state index is 0.117. The van der Waals surface area contributed by atoms with E-state index in [0.29, 0.717) is 22.3 Å². The molecule has 1 aromatic heterocycles. The molecule has 0 atom stereocenters. The molecule has 0 saturated heterocycles.